The minimum absolute atomic E-state index is 0.136. The molecule has 0 saturated carbocycles. The lowest BCUT2D eigenvalue weighted by atomic mass is 10.1. The van der Waals surface area contributed by atoms with Crippen LogP contribution in [0.4, 0.5) is 5.82 Å². The largest absolute Gasteiger partial charge is 0.508 e. The minimum atomic E-state index is 0.136. The van der Waals surface area contributed by atoms with Gasteiger partial charge in [0.2, 0.25) is 0 Å². The van der Waals surface area contributed by atoms with Crippen molar-refractivity contribution in [3.05, 3.63) is 46.9 Å². The van der Waals surface area contributed by atoms with Gasteiger partial charge in [0, 0.05) is 6.54 Å². The number of hydrogen-bond donors (Lipinski definition) is 2. The molecule has 0 unspecified atom stereocenters. The number of anilines is 1. The van der Waals surface area contributed by atoms with Crippen LogP contribution in [-0.2, 0) is 6.42 Å². The highest BCUT2D eigenvalue weighted by Gasteiger charge is 2.08. The smallest absolute Gasteiger partial charge is 0.156 e. The summed E-state index contributed by atoms with van der Waals surface area (Å²) in [5.41, 5.74) is 1.33. The number of hydrogen-bond acceptors (Lipinski definition) is 5. The van der Waals surface area contributed by atoms with Gasteiger partial charge in [-0.05, 0) is 24.1 Å². The van der Waals surface area contributed by atoms with Crippen molar-refractivity contribution in [1.82, 2.24) is 9.97 Å². The molecule has 5 nitrogen and oxygen atoms in total. The fourth-order valence-corrected chi connectivity index (χ4v) is 1.78. The molecule has 0 bridgehead atoms. The lowest BCUT2D eigenvalue weighted by Gasteiger charge is -2.08. The molecule has 0 radical (unpaired) electrons. The lowest BCUT2D eigenvalue weighted by Crippen LogP contribution is -2.09. The van der Waals surface area contributed by atoms with E-state index in [1.165, 1.54) is 6.33 Å². The van der Waals surface area contributed by atoms with Crippen molar-refractivity contribution < 1.29 is 9.90 Å². The summed E-state index contributed by atoms with van der Waals surface area (Å²) < 4.78 is 0. The fourth-order valence-electron chi connectivity index (χ4n) is 1.61. The Kier molecular flexibility index (Phi) is 4.30. The van der Waals surface area contributed by atoms with Crippen molar-refractivity contribution in [2.24, 2.45) is 0 Å². The second-order valence-electron chi connectivity index (χ2n) is 3.89. The Hall–Kier alpha value is -2.14. The van der Waals surface area contributed by atoms with E-state index in [1.807, 2.05) is 12.1 Å². The third kappa shape index (κ3) is 3.42. The van der Waals surface area contributed by atoms with E-state index < -0.39 is 0 Å². The maximum absolute atomic E-state index is 10.9. The van der Waals surface area contributed by atoms with Crippen LogP contribution in [-0.4, -0.2) is 27.9 Å². The average molecular weight is 278 g/mol. The van der Waals surface area contributed by atoms with Crippen LogP contribution < -0.4 is 5.32 Å². The topological polar surface area (TPSA) is 75.1 Å². The molecule has 0 aliphatic rings. The number of carbonyl (C=O) groups excluding carboxylic acids is 1. The van der Waals surface area contributed by atoms with Crippen LogP contribution >= 0.6 is 11.6 Å². The zero-order chi connectivity index (χ0) is 13.7. The Morgan fingerprint density at radius 2 is 2.00 bits per heavy atom. The van der Waals surface area contributed by atoms with Gasteiger partial charge in [-0.25, -0.2) is 9.97 Å². The molecule has 0 saturated heterocycles. The number of aromatic hydroxyl groups is 1. The fraction of sp³-hybridized carbons (Fsp3) is 0.154. The molecule has 2 rings (SSSR count). The number of carbonyl (C=O) groups is 1. The van der Waals surface area contributed by atoms with Crippen LogP contribution in [0.25, 0.3) is 0 Å². The summed E-state index contributed by atoms with van der Waals surface area (Å²) in [6.45, 7) is 0.596. The molecular weight excluding hydrogens is 266 g/mol. The molecule has 98 valence electrons. The van der Waals surface area contributed by atoms with Crippen LogP contribution in [0.15, 0.2) is 30.6 Å². The molecule has 0 fully saturated rings. The SMILES string of the molecule is O=Cc1c(Cl)ncnc1NCCc1ccc(O)cc1. The number of nitrogens with one attached hydrogen (secondary N) is 1. The van der Waals surface area contributed by atoms with E-state index in [1.54, 1.807) is 12.1 Å². The first kappa shape index (κ1) is 13.3. The van der Waals surface area contributed by atoms with Gasteiger partial charge in [-0.3, -0.25) is 4.79 Å². The number of aldehydes is 1. The lowest BCUT2D eigenvalue weighted by molar-refractivity contribution is 0.112. The summed E-state index contributed by atoms with van der Waals surface area (Å²) >= 11 is 5.79. The number of nitrogens with zero attached hydrogens (tertiary/aromatic N) is 2. The molecule has 0 aliphatic carbocycles. The third-order valence-electron chi connectivity index (χ3n) is 2.60. The Balaban J connectivity index is 1.98. The Morgan fingerprint density at radius 1 is 1.26 bits per heavy atom. The van der Waals surface area contributed by atoms with E-state index in [9.17, 15) is 9.90 Å². The molecule has 2 aromatic rings. The summed E-state index contributed by atoms with van der Waals surface area (Å²) in [7, 11) is 0. The number of benzene rings is 1. The van der Waals surface area contributed by atoms with Crippen molar-refractivity contribution in [1.29, 1.82) is 0 Å². The first-order valence-electron chi connectivity index (χ1n) is 5.68. The first-order chi connectivity index (χ1) is 9.20. The predicted octanol–water partition coefficient (Wildman–Crippen LogP) is 2.30. The van der Waals surface area contributed by atoms with Crippen molar-refractivity contribution >= 4 is 23.7 Å². The minimum Gasteiger partial charge on any atom is -0.508 e. The van der Waals surface area contributed by atoms with Crippen LogP contribution in [0.5, 0.6) is 5.75 Å². The van der Waals surface area contributed by atoms with Crippen LogP contribution in [0.2, 0.25) is 5.15 Å². The molecule has 1 heterocycles. The normalized spacial score (nSPS) is 10.2. The van der Waals surface area contributed by atoms with E-state index in [0.717, 1.165) is 12.0 Å². The molecule has 6 heteroatoms. The summed E-state index contributed by atoms with van der Waals surface area (Å²) in [5.74, 6) is 0.663. The maximum atomic E-state index is 10.9. The summed E-state index contributed by atoms with van der Waals surface area (Å²) in [6, 6.07) is 6.94. The highest BCUT2D eigenvalue weighted by atomic mass is 35.5. The number of aromatic nitrogens is 2. The quantitative estimate of drug-likeness (QED) is 0.648. The number of rotatable bonds is 5. The molecular formula is C13H12ClN3O2. The number of phenolic OH excluding ortho intramolecular Hbond substituents is 1. The molecule has 0 atom stereocenters. The van der Waals surface area contributed by atoms with E-state index in [2.05, 4.69) is 15.3 Å². The molecule has 1 aromatic carbocycles. The molecule has 0 amide bonds. The molecule has 0 aliphatic heterocycles. The summed E-state index contributed by atoms with van der Waals surface area (Å²) in [6.07, 6.45) is 2.67. The molecule has 2 N–H and O–H groups in total. The summed E-state index contributed by atoms with van der Waals surface area (Å²) in [4.78, 5) is 18.6. The Labute approximate surface area is 115 Å². The third-order valence-corrected chi connectivity index (χ3v) is 2.90. The van der Waals surface area contributed by atoms with Crippen molar-refractivity contribution in [2.45, 2.75) is 6.42 Å². The zero-order valence-electron chi connectivity index (χ0n) is 10.0. The predicted molar refractivity (Wildman–Crippen MR) is 72.7 cm³/mol. The maximum Gasteiger partial charge on any atom is 0.156 e. The van der Waals surface area contributed by atoms with Crippen molar-refractivity contribution in [2.75, 3.05) is 11.9 Å². The van der Waals surface area contributed by atoms with Gasteiger partial charge in [0.1, 0.15) is 23.0 Å². The monoisotopic (exact) mass is 277 g/mol. The van der Waals surface area contributed by atoms with Gasteiger partial charge >= 0.3 is 0 Å². The Bertz CT molecular complexity index is 573. The van der Waals surface area contributed by atoms with Crippen LogP contribution in [0.1, 0.15) is 15.9 Å². The van der Waals surface area contributed by atoms with Gasteiger partial charge in [-0.1, -0.05) is 23.7 Å². The second-order valence-corrected chi connectivity index (χ2v) is 4.25. The summed E-state index contributed by atoms with van der Waals surface area (Å²) in [5, 5.41) is 12.3. The van der Waals surface area contributed by atoms with Gasteiger partial charge < -0.3 is 10.4 Å². The van der Waals surface area contributed by atoms with Gasteiger partial charge in [0.05, 0.1) is 5.56 Å². The van der Waals surface area contributed by atoms with Gasteiger partial charge in [-0.15, -0.1) is 0 Å². The van der Waals surface area contributed by atoms with E-state index in [-0.39, 0.29) is 16.5 Å². The van der Waals surface area contributed by atoms with E-state index >= 15 is 0 Å². The molecule has 0 spiro atoms. The molecule has 19 heavy (non-hydrogen) atoms. The number of phenols is 1. The van der Waals surface area contributed by atoms with E-state index in [0.29, 0.717) is 18.6 Å². The number of halogens is 1. The van der Waals surface area contributed by atoms with Crippen molar-refractivity contribution in [3.8, 4) is 5.75 Å². The van der Waals surface area contributed by atoms with Crippen LogP contribution in [0.3, 0.4) is 0 Å². The molecule has 1 aromatic heterocycles. The highest BCUT2D eigenvalue weighted by molar-refractivity contribution is 6.32. The zero-order valence-corrected chi connectivity index (χ0v) is 10.8. The Morgan fingerprint density at radius 3 is 2.68 bits per heavy atom. The average Bonchev–Trinajstić information content (AvgIpc) is 2.41. The van der Waals surface area contributed by atoms with Gasteiger partial charge in [0.25, 0.3) is 0 Å². The van der Waals surface area contributed by atoms with Gasteiger partial charge in [-0.2, -0.15) is 0 Å². The standard InChI is InChI=1S/C13H12ClN3O2/c14-12-11(7-18)13(17-8-16-12)15-6-5-9-1-3-10(19)4-2-9/h1-4,7-8,19H,5-6H2,(H,15,16,17). The van der Waals surface area contributed by atoms with Crippen molar-refractivity contribution in [3.63, 3.8) is 0 Å². The first-order valence-corrected chi connectivity index (χ1v) is 6.06. The highest BCUT2D eigenvalue weighted by Crippen LogP contribution is 2.17. The van der Waals surface area contributed by atoms with E-state index in [4.69, 9.17) is 11.6 Å². The second kappa shape index (κ2) is 6.15. The van der Waals surface area contributed by atoms with Gasteiger partial charge in [0.15, 0.2) is 6.29 Å². The van der Waals surface area contributed by atoms with Crippen LogP contribution in [0, 0.1) is 0 Å².